The maximum atomic E-state index is 14.4. The maximum Gasteiger partial charge on any atom is 0.146 e. The van der Waals surface area contributed by atoms with Crippen LogP contribution in [-0.4, -0.2) is 35.8 Å². The van der Waals surface area contributed by atoms with E-state index < -0.39 is 0 Å². The number of nitrogens with zero attached hydrogens (tertiary/aromatic N) is 1. The van der Waals surface area contributed by atoms with Crippen molar-refractivity contribution in [3.63, 3.8) is 0 Å². The van der Waals surface area contributed by atoms with Crippen molar-refractivity contribution in [2.75, 3.05) is 25.9 Å². The van der Waals surface area contributed by atoms with E-state index in [9.17, 15) is 4.39 Å². The van der Waals surface area contributed by atoms with Crippen molar-refractivity contribution in [1.82, 2.24) is 9.88 Å². The fourth-order valence-corrected chi connectivity index (χ4v) is 2.89. The largest absolute Gasteiger partial charge is 0.361 e. The number of fused-ring (bicyclic) bond motifs is 1. The van der Waals surface area contributed by atoms with E-state index in [1.54, 1.807) is 0 Å². The summed E-state index contributed by atoms with van der Waals surface area (Å²) in [6, 6.07) is 3.80. The zero-order valence-corrected chi connectivity index (χ0v) is 12.6. The molecule has 1 N–H and O–H groups in total. The molecule has 0 saturated carbocycles. The first kappa shape index (κ1) is 14.4. The molecule has 104 valence electrons. The molecule has 2 aromatic rings. The first-order chi connectivity index (χ1) is 9.21. The lowest BCUT2D eigenvalue weighted by atomic mass is 10.1. The molecule has 0 aliphatic carbocycles. The molecule has 0 radical (unpaired) electrons. The van der Waals surface area contributed by atoms with Gasteiger partial charge < -0.3 is 9.88 Å². The van der Waals surface area contributed by atoms with Crippen LogP contribution in [0.2, 0.25) is 0 Å². The topological polar surface area (TPSA) is 19.0 Å². The maximum absolute atomic E-state index is 14.4. The van der Waals surface area contributed by atoms with Crippen molar-refractivity contribution in [1.29, 1.82) is 0 Å². The van der Waals surface area contributed by atoms with E-state index in [4.69, 9.17) is 0 Å². The number of hydrogen-bond donors (Lipinski definition) is 1. The lowest BCUT2D eigenvalue weighted by Gasteiger charge is -2.17. The predicted molar refractivity (Wildman–Crippen MR) is 81.5 cm³/mol. The average molecular weight is 280 g/mol. The van der Waals surface area contributed by atoms with E-state index >= 15 is 0 Å². The van der Waals surface area contributed by atoms with Crippen LogP contribution in [0.4, 0.5) is 4.39 Å². The second-order valence-electron chi connectivity index (χ2n) is 4.60. The molecule has 0 atom stereocenters. The lowest BCUT2D eigenvalue weighted by Crippen LogP contribution is -2.25. The van der Waals surface area contributed by atoms with Crippen LogP contribution in [0.1, 0.15) is 19.4 Å². The molecule has 0 bridgehead atoms. The summed E-state index contributed by atoms with van der Waals surface area (Å²) < 4.78 is 14.4. The molecule has 2 rings (SSSR count). The van der Waals surface area contributed by atoms with Crippen LogP contribution in [0.15, 0.2) is 23.2 Å². The molecule has 0 unspecified atom stereocenters. The molecule has 1 heterocycles. The van der Waals surface area contributed by atoms with E-state index in [0.717, 1.165) is 47.4 Å². The highest BCUT2D eigenvalue weighted by atomic mass is 32.2. The molecule has 19 heavy (non-hydrogen) atoms. The third-order valence-corrected chi connectivity index (χ3v) is 4.40. The van der Waals surface area contributed by atoms with Crippen molar-refractivity contribution in [3.05, 3.63) is 29.7 Å². The van der Waals surface area contributed by atoms with Crippen LogP contribution in [0.25, 0.3) is 10.9 Å². The van der Waals surface area contributed by atoms with Crippen molar-refractivity contribution in [3.8, 4) is 0 Å². The first-order valence-corrected chi connectivity index (χ1v) is 7.98. The molecule has 1 aromatic carbocycles. The van der Waals surface area contributed by atoms with Gasteiger partial charge in [0, 0.05) is 28.5 Å². The minimum absolute atomic E-state index is 0.0826. The summed E-state index contributed by atoms with van der Waals surface area (Å²) >= 11 is 1.46. The third-order valence-electron chi connectivity index (χ3n) is 3.64. The Bertz CT molecular complexity index is 546. The highest BCUT2D eigenvalue weighted by Crippen LogP contribution is 2.29. The Hall–Kier alpha value is -1.00. The molecule has 4 heteroatoms. The fourth-order valence-electron chi connectivity index (χ4n) is 2.40. The van der Waals surface area contributed by atoms with Gasteiger partial charge in [-0.25, -0.2) is 4.39 Å². The number of H-pyrrole nitrogens is 1. The van der Waals surface area contributed by atoms with Crippen molar-refractivity contribution in [2.24, 2.45) is 0 Å². The summed E-state index contributed by atoms with van der Waals surface area (Å²) in [4.78, 5) is 6.25. The summed E-state index contributed by atoms with van der Waals surface area (Å²) in [6.45, 7) is 7.37. The number of thioether (sulfide) groups is 1. The highest BCUT2D eigenvalue weighted by molar-refractivity contribution is 7.98. The average Bonchev–Trinajstić information content (AvgIpc) is 2.84. The minimum atomic E-state index is -0.0826. The van der Waals surface area contributed by atoms with E-state index in [-0.39, 0.29) is 5.82 Å². The summed E-state index contributed by atoms with van der Waals surface area (Å²) in [5, 5.41) is 0.763. The van der Waals surface area contributed by atoms with Crippen LogP contribution < -0.4 is 0 Å². The van der Waals surface area contributed by atoms with Gasteiger partial charge in [-0.15, -0.1) is 11.8 Å². The Labute approximate surface area is 118 Å². The molecule has 1 aromatic heterocycles. The predicted octanol–water partition coefficient (Wildman–Crippen LogP) is 3.91. The Balaban J connectivity index is 2.28. The number of halogens is 1. The minimum Gasteiger partial charge on any atom is -0.361 e. The number of aromatic nitrogens is 1. The van der Waals surface area contributed by atoms with Crippen LogP contribution in [0, 0.1) is 5.82 Å². The van der Waals surface area contributed by atoms with E-state index in [0.29, 0.717) is 0 Å². The smallest absolute Gasteiger partial charge is 0.146 e. The summed E-state index contributed by atoms with van der Waals surface area (Å²) in [5.74, 6) is -0.0826. The summed E-state index contributed by atoms with van der Waals surface area (Å²) in [5.41, 5.74) is 1.97. The summed E-state index contributed by atoms with van der Waals surface area (Å²) in [6.07, 6.45) is 4.74. The number of likely N-dealkylation sites (N-methyl/N-ethyl adjacent to an activating group) is 1. The summed E-state index contributed by atoms with van der Waals surface area (Å²) in [7, 11) is 0. The Morgan fingerprint density at radius 2 is 2.00 bits per heavy atom. The van der Waals surface area contributed by atoms with Crippen LogP contribution in [0.3, 0.4) is 0 Å². The Kier molecular flexibility index (Phi) is 4.88. The van der Waals surface area contributed by atoms with Crippen LogP contribution in [-0.2, 0) is 6.42 Å². The van der Waals surface area contributed by atoms with Crippen LogP contribution in [0.5, 0.6) is 0 Å². The molecule has 0 spiro atoms. The van der Waals surface area contributed by atoms with E-state index in [1.165, 1.54) is 11.8 Å². The molecule has 2 nitrogen and oxygen atoms in total. The van der Waals surface area contributed by atoms with Gasteiger partial charge in [0.15, 0.2) is 0 Å². The molecule has 0 saturated heterocycles. The van der Waals surface area contributed by atoms with Crippen molar-refractivity contribution < 1.29 is 4.39 Å². The van der Waals surface area contributed by atoms with Gasteiger partial charge in [0.1, 0.15) is 5.82 Å². The van der Waals surface area contributed by atoms with E-state index in [2.05, 4.69) is 23.7 Å². The SMILES string of the molecule is CCN(CC)CCc1c[nH]c2ccc(SC)c(F)c12. The van der Waals surface area contributed by atoms with Gasteiger partial charge in [-0.2, -0.15) is 0 Å². The van der Waals surface area contributed by atoms with Gasteiger partial charge in [-0.05, 0) is 43.5 Å². The van der Waals surface area contributed by atoms with Crippen LogP contribution >= 0.6 is 11.8 Å². The van der Waals surface area contributed by atoms with E-state index in [1.807, 2.05) is 24.6 Å². The lowest BCUT2D eigenvalue weighted by molar-refractivity contribution is 0.308. The normalized spacial score (nSPS) is 11.6. The number of benzene rings is 1. The first-order valence-electron chi connectivity index (χ1n) is 6.76. The Morgan fingerprint density at radius 1 is 1.26 bits per heavy atom. The molecule has 0 aliphatic heterocycles. The van der Waals surface area contributed by atoms with Crippen molar-refractivity contribution >= 4 is 22.7 Å². The van der Waals surface area contributed by atoms with Gasteiger partial charge in [-0.1, -0.05) is 13.8 Å². The number of aromatic amines is 1. The Morgan fingerprint density at radius 3 is 2.63 bits per heavy atom. The second kappa shape index (κ2) is 6.44. The molecular weight excluding hydrogens is 259 g/mol. The van der Waals surface area contributed by atoms with Gasteiger partial charge in [0.25, 0.3) is 0 Å². The monoisotopic (exact) mass is 280 g/mol. The standard InChI is InChI=1S/C15H21FN2S/c1-4-18(5-2)9-8-11-10-17-12-6-7-13(19-3)15(16)14(11)12/h6-7,10,17H,4-5,8-9H2,1-3H3. The fraction of sp³-hybridized carbons (Fsp3) is 0.467. The quantitative estimate of drug-likeness (QED) is 0.809. The molecule has 0 amide bonds. The zero-order valence-electron chi connectivity index (χ0n) is 11.8. The highest BCUT2D eigenvalue weighted by Gasteiger charge is 2.13. The number of nitrogens with one attached hydrogen (secondary N) is 1. The number of rotatable bonds is 6. The van der Waals surface area contributed by atoms with Gasteiger partial charge in [0.2, 0.25) is 0 Å². The van der Waals surface area contributed by atoms with Gasteiger partial charge in [-0.3, -0.25) is 0 Å². The zero-order chi connectivity index (χ0) is 13.8. The third kappa shape index (κ3) is 2.95. The number of hydrogen-bond acceptors (Lipinski definition) is 2. The molecule has 0 fully saturated rings. The van der Waals surface area contributed by atoms with Gasteiger partial charge in [0.05, 0.1) is 0 Å². The van der Waals surface area contributed by atoms with Gasteiger partial charge >= 0.3 is 0 Å². The second-order valence-corrected chi connectivity index (χ2v) is 5.44. The van der Waals surface area contributed by atoms with Crippen molar-refractivity contribution in [2.45, 2.75) is 25.2 Å². The molecular formula is C15H21FN2S. The molecule has 0 aliphatic rings.